The maximum absolute atomic E-state index is 14.0. The third kappa shape index (κ3) is 13.9. The first-order valence-electron chi connectivity index (χ1n) is 16.1. The van der Waals surface area contributed by atoms with Crippen molar-refractivity contribution in [2.75, 3.05) is 20.2 Å². The standard InChI is InChI=1S/C36H51Br2N5O6/c1-9-20-39-30(44)28(34(2,3)4)40-32(46)36(48,22-24-11-15-26(37)16-12-24)19-10-21-43(23-25-13-17-27(38)18-14-25)42-31(45)29(35(5,6)7)41-33(47)49-8/h9,11-18,28-29,48H,1,10,19-23H2,2-8H3,(H,39,44)(H,40,46)(H,41,47)(H,42,45)/t28-,29-,36-/m1/s1. The number of halogens is 2. The van der Waals surface area contributed by atoms with Crippen LogP contribution in [0.25, 0.3) is 0 Å². The quantitative estimate of drug-likeness (QED) is 0.113. The second-order valence-corrected chi connectivity index (χ2v) is 16.0. The lowest BCUT2D eigenvalue weighted by Gasteiger charge is -2.35. The van der Waals surface area contributed by atoms with E-state index in [2.05, 4.69) is 59.8 Å². The molecule has 2 aromatic carbocycles. The van der Waals surface area contributed by atoms with Crippen molar-refractivity contribution in [2.45, 2.75) is 85.0 Å². The molecule has 0 heterocycles. The highest BCUT2D eigenvalue weighted by Crippen LogP contribution is 2.26. The summed E-state index contributed by atoms with van der Waals surface area (Å²) in [5.41, 5.74) is 1.36. The summed E-state index contributed by atoms with van der Waals surface area (Å²) >= 11 is 6.87. The molecule has 2 aromatic rings. The number of hydrogen-bond acceptors (Lipinski definition) is 7. The zero-order chi connectivity index (χ0) is 37.0. The number of benzene rings is 2. The highest BCUT2D eigenvalue weighted by atomic mass is 79.9. The lowest BCUT2D eigenvalue weighted by Crippen LogP contribution is -2.59. The molecule has 11 nitrogen and oxygen atoms in total. The molecule has 5 N–H and O–H groups in total. The van der Waals surface area contributed by atoms with E-state index in [1.54, 1.807) is 11.1 Å². The Morgan fingerprint density at radius 1 is 0.857 bits per heavy atom. The largest absolute Gasteiger partial charge is 0.453 e. The van der Waals surface area contributed by atoms with Crippen LogP contribution in [-0.2, 0) is 32.1 Å². The van der Waals surface area contributed by atoms with E-state index in [9.17, 15) is 24.3 Å². The van der Waals surface area contributed by atoms with Gasteiger partial charge in [-0.25, -0.2) is 9.80 Å². The minimum atomic E-state index is -1.90. The number of aliphatic hydroxyl groups is 1. The Balaban J connectivity index is 2.39. The van der Waals surface area contributed by atoms with Crippen molar-refractivity contribution >= 4 is 55.7 Å². The van der Waals surface area contributed by atoms with Crippen LogP contribution >= 0.6 is 31.9 Å². The van der Waals surface area contributed by atoms with E-state index in [4.69, 9.17) is 4.74 Å². The molecular weight excluding hydrogens is 758 g/mol. The zero-order valence-electron chi connectivity index (χ0n) is 29.5. The molecule has 0 aliphatic heterocycles. The van der Waals surface area contributed by atoms with Crippen LogP contribution in [0, 0.1) is 10.8 Å². The fourth-order valence-electron chi connectivity index (χ4n) is 5.06. The highest BCUT2D eigenvalue weighted by molar-refractivity contribution is 9.10. The van der Waals surface area contributed by atoms with Crippen LogP contribution in [-0.4, -0.2) is 71.8 Å². The first kappa shape index (κ1) is 41.9. The van der Waals surface area contributed by atoms with E-state index in [1.807, 2.05) is 90.1 Å². The normalized spacial score (nSPS) is 14.2. The summed E-state index contributed by atoms with van der Waals surface area (Å²) in [5, 5.41) is 22.0. The van der Waals surface area contributed by atoms with Gasteiger partial charge in [0.2, 0.25) is 5.91 Å². The molecule has 0 aromatic heterocycles. The van der Waals surface area contributed by atoms with E-state index in [0.717, 1.165) is 20.1 Å². The van der Waals surface area contributed by atoms with E-state index in [-0.39, 0.29) is 38.3 Å². The van der Waals surface area contributed by atoms with E-state index in [1.165, 1.54) is 7.11 Å². The molecule has 0 bridgehead atoms. The Bertz CT molecular complexity index is 1420. The number of rotatable bonds is 16. The summed E-state index contributed by atoms with van der Waals surface area (Å²) in [6, 6.07) is 13.1. The molecule has 0 radical (unpaired) electrons. The van der Waals surface area contributed by atoms with Crippen molar-refractivity contribution in [3.05, 3.63) is 81.3 Å². The number of hydrogen-bond donors (Lipinski definition) is 5. The van der Waals surface area contributed by atoms with Crippen LogP contribution in [0.3, 0.4) is 0 Å². The highest BCUT2D eigenvalue weighted by Gasteiger charge is 2.41. The fraction of sp³-hybridized carbons (Fsp3) is 0.500. The molecule has 0 saturated heterocycles. The van der Waals surface area contributed by atoms with Gasteiger partial charge in [-0.2, -0.15) is 0 Å². The fourth-order valence-corrected chi connectivity index (χ4v) is 5.59. The minimum Gasteiger partial charge on any atom is -0.453 e. The summed E-state index contributed by atoms with van der Waals surface area (Å²) in [7, 11) is 1.23. The molecule has 0 saturated carbocycles. The molecule has 2 rings (SSSR count). The molecule has 49 heavy (non-hydrogen) atoms. The number of nitrogens with one attached hydrogen (secondary N) is 4. The van der Waals surface area contributed by atoms with Gasteiger partial charge in [0, 0.05) is 35.0 Å². The van der Waals surface area contributed by atoms with Crippen molar-refractivity contribution in [1.29, 1.82) is 0 Å². The maximum atomic E-state index is 14.0. The van der Waals surface area contributed by atoms with Gasteiger partial charge >= 0.3 is 6.09 Å². The van der Waals surface area contributed by atoms with Crippen LogP contribution in [0.4, 0.5) is 4.79 Å². The molecule has 0 unspecified atom stereocenters. The van der Waals surface area contributed by atoms with Gasteiger partial charge in [-0.3, -0.25) is 19.8 Å². The third-order valence-electron chi connectivity index (χ3n) is 7.81. The van der Waals surface area contributed by atoms with Crippen molar-refractivity contribution in [1.82, 2.24) is 26.4 Å². The summed E-state index contributed by atoms with van der Waals surface area (Å²) in [6.07, 6.45) is 1.11. The van der Waals surface area contributed by atoms with Gasteiger partial charge in [0.1, 0.15) is 17.7 Å². The smallest absolute Gasteiger partial charge is 0.407 e. The van der Waals surface area contributed by atoms with Crippen LogP contribution in [0.1, 0.15) is 65.5 Å². The van der Waals surface area contributed by atoms with Gasteiger partial charge in [-0.15, -0.1) is 6.58 Å². The number of carbonyl (C=O) groups excluding carboxylic acids is 4. The number of methoxy groups -OCH3 is 1. The molecule has 13 heteroatoms. The molecule has 3 atom stereocenters. The molecular formula is C36H51Br2N5O6. The predicted molar refractivity (Wildman–Crippen MR) is 198 cm³/mol. The first-order valence-corrected chi connectivity index (χ1v) is 17.7. The Hall–Kier alpha value is -3.26. The molecule has 0 fully saturated rings. The summed E-state index contributed by atoms with van der Waals surface area (Å²) in [6.45, 7) is 15.4. The van der Waals surface area contributed by atoms with Crippen LogP contribution in [0.5, 0.6) is 0 Å². The van der Waals surface area contributed by atoms with Crippen molar-refractivity contribution in [3.8, 4) is 0 Å². The molecule has 270 valence electrons. The van der Waals surface area contributed by atoms with Gasteiger partial charge in [0.05, 0.1) is 7.11 Å². The van der Waals surface area contributed by atoms with Gasteiger partial charge in [0.15, 0.2) is 0 Å². The lowest BCUT2D eigenvalue weighted by atomic mass is 9.84. The summed E-state index contributed by atoms with van der Waals surface area (Å²) < 4.78 is 6.51. The van der Waals surface area contributed by atoms with Gasteiger partial charge in [-0.05, 0) is 59.1 Å². The maximum Gasteiger partial charge on any atom is 0.407 e. The minimum absolute atomic E-state index is 0.00846. The second-order valence-electron chi connectivity index (χ2n) is 14.2. The van der Waals surface area contributed by atoms with Gasteiger partial charge in [0.25, 0.3) is 11.8 Å². The summed E-state index contributed by atoms with van der Waals surface area (Å²) in [4.78, 5) is 52.7. The topological polar surface area (TPSA) is 149 Å². The number of carbonyl (C=O) groups is 4. The van der Waals surface area contributed by atoms with Crippen molar-refractivity contribution < 1.29 is 29.0 Å². The molecule has 4 amide bonds. The Morgan fingerprint density at radius 3 is 1.86 bits per heavy atom. The number of nitrogens with zero attached hydrogens (tertiary/aromatic N) is 1. The number of amides is 4. The monoisotopic (exact) mass is 807 g/mol. The van der Waals surface area contributed by atoms with Gasteiger partial charge < -0.3 is 25.8 Å². The molecule has 0 spiro atoms. The van der Waals surface area contributed by atoms with Crippen LogP contribution in [0.2, 0.25) is 0 Å². The molecule has 0 aliphatic carbocycles. The average Bonchev–Trinajstić information content (AvgIpc) is 3.01. The van der Waals surface area contributed by atoms with Gasteiger partial charge in [-0.1, -0.05) is 104 Å². The Morgan fingerprint density at radius 2 is 1.37 bits per heavy atom. The number of ether oxygens (including phenoxy) is 1. The third-order valence-corrected chi connectivity index (χ3v) is 8.86. The van der Waals surface area contributed by atoms with E-state index in [0.29, 0.717) is 6.54 Å². The number of alkyl carbamates (subject to hydrolysis) is 1. The van der Waals surface area contributed by atoms with Crippen molar-refractivity contribution in [3.63, 3.8) is 0 Å². The first-order chi connectivity index (χ1) is 22.8. The average molecular weight is 810 g/mol. The second kappa shape index (κ2) is 18.7. The SMILES string of the molecule is C=CCNC(=O)[C@@H](NC(=O)[C@@](O)(CCCN(Cc1ccc(Br)cc1)NC(=O)[C@@H](NC(=O)OC)C(C)(C)C)Cc1ccc(Br)cc1)C(C)(C)C. The number of hydrazine groups is 1. The van der Waals surface area contributed by atoms with E-state index < -0.39 is 46.4 Å². The van der Waals surface area contributed by atoms with Crippen LogP contribution in [0.15, 0.2) is 70.1 Å². The Kier molecular flexibility index (Phi) is 16.0. The molecule has 0 aliphatic rings. The summed E-state index contributed by atoms with van der Waals surface area (Å²) in [5.74, 6) is -1.51. The Labute approximate surface area is 307 Å². The van der Waals surface area contributed by atoms with E-state index >= 15 is 0 Å². The zero-order valence-corrected chi connectivity index (χ0v) is 32.7. The predicted octanol–water partition coefficient (Wildman–Crippen LogP) is 5.40. The van der Waals surface area contributed by atoms with Crippen molar-refractivity contribution in [2.24, 2.45) is 10.8 Å². The van der Waals surface area contributed by atoms with Crippen LogP contribution < -0.4 is 21.4 Å². The lowest BCUT2D eigenvalue weighted by molar-refractivity contribution is -0.145.